The summed E-state index contributed by atoms with van der Waals surface area (Å²) >= 11 is 0. The summed E-state index contributed by atoms with van der Waals surface area (Å²) in [6, 6.07) is 6.43. The fraction of sp³-hybridized carbons (Fsp3) is 0.333. The van der Waals surface area contributed by atoms with Crippen molar-refractivity contribution in [1.82, 2.24) is 0 Å². The molecular formula is C12H14N2O3S. The number of rotatable bonds is 3. The molecule has 0 aliphatic carbocycles. The Morgan fingerprint density at radius 3 is 2.28 bits per heavy atom. The molecule has 0 saturated heterocycles. The van der Waals surface area contributed by atoms with Crippen molar-refractivity contribution >= 4 is 10.1 Å². The van der Waals surface area contributed by atoms with Gasteiger partial charge in [0.25, 0.3) is 5.88 Å². The van der Waals surface area contributed by atoms with Crippen LogP contribution in [0.1, 0.15) is 19.4 Å². The Kier molecular flexibility index (Phi) is 2.98. The van der Waals surface area contributed by atoms with Crippen LogP contribution in [0.25, 0.3) is 0 Å². The van der Waals surface area contributed by atoms with Gasteiger partial charge >= 0.3 is 10.1 Å². The molecule has 0 amide bonds. The molecule has 2 rings (SSSR count). The molecule has 6 heteroatoms. The van der Waals surface area contributed by atoms with Gasteiger partial charge < -0.3 is 4.18 Å². The quantitative estimate of drug-likeness (QED) is 0.790. The Morgan fingerprint density at radius 1 is 1.17 bits per heavy atom. The normalized spacial score (nSPS) is 17.6. The number of hydrogen-bond donors (Lipinski definition) is 0. The molecule has 1 heterocycles. The fourth-order valence-electron chi connectivity index (χ4n) is 1.44. The first kappa shape index (κ1) is 12.8. The van der Waals surface area contributed by atoms with Crippen LogP contribution < -0.4 is 0 Å². The summed E-state index contributed by atoms with van der Waals surface area (Å²) in [6.45, 7) is 5.50. The fourth-order valence-corrected chi connectivity index (χ4v) is 2.32. The second-order valence-electron chi connectivity index (χ2n) is 4.69. The van der Waals surface area contributed by atoms with Crippen molar-refractivity contribution in [2.45, 2.75) is 31.2 Å². The summed E-state index contributed by atoms with van der Waals surface area (Å²) in [6.07, 6.45) is 1.57. The van der Waals surface area contributed by atoms with Gasteiger partial charge in [0.15, 0.2) is 0 Å². The molecule has 0 N–H and O–H groups in total. The molecule has 0 unspecified atom stereocenters. The van der Waals surface area contributed by atoms with Crippen LogP contribution in [0.2, 0.25) is 0 Å². The molecule has 18 heavy (non-hydrogen) atoms. The van der Waals surface area contributed by atoms with Gasteiger partial charge in [-0.3, -0.25) is 0 Å². The van der Waals surface area contributed by atoms with Crippen LogP contribution in [0.3, 0.4) is 0 Å². The van der Waals surface area contributed by atoms with Crippen LogP contribution >= 0.6 is 0 Å². The van der Waals surface area contributed by atoms with Gasteiger partial charge in [-0.1, -0.05) is 17.7 Å². The van der Waals surface area contributed by atoms with Gasteiger partial charge in [-0.2, -0.15) is 13.5 Å². The smallest absolute Gasteiger partial charge is 0.340 e. The van der Waals surface area contributed by atoms with Crippen LogP contribution in [0, 0.1) is 6.92 Å². The average molecular weight is 266 g/mol. The molecule has 0 spiro atoms. The van der Waals surface area contributed by atoms with Crippen LogP contribution in [-0.2, 0) is 14.3 Å². The molecule has 0 atom stereocenters. The number of nitrogens with zero attached hydrogens (tertiary/aromatic N) is 2. The van der Waals surface area contributed by atoms with E-state index in [0.29, 0.717) is 0 Å². The number of aryl methyl sites for hydroxylation is 1. The number of azo groups is 1. The van der Waals surface area contributed by atoms with Crippen molar-refractivity contribution in [1.29, 1.82) is 0 Å². The third-order valence-corrected chi connectivity index (χ3v) is 3.63. The van der Waals surface area contributed by atoms with Gasteiger partial charge in [-0.05, 0) is 32.9 Å². The first-order valence-corrected chi connectivity index (χ1v) is 6.86. The first-order chi connectivity index (χ1) is 8.28. The first-order valence-electron chi connectivity index (χ1n) is 5.45. The molecule has 0 fully saturated rings. The summed E-state index contributed by atoms with van der Waals surface area (Å²) in [5.41, 5.74) is 0.466. The molecule has 0 aromatic heterocycles. The van der Waals surface area contributed by atoms with Crippen molar-refractivity contribution in [3.63, 3.8) is 0 Å². The maximum Gasteiger partial charge on any atom is 0.340 e. The average Bonchev–Trinajstić information content (AvgIpc) is 2.57. The third kappa shape index (κ3) is 2.76. The molecule has 1 aromatic rings. The lowest BCUT2D eigenvalue weighted by Gasteiger charge is -2.06. The van der Waals surface area contributed by atoms with Crippen molar-refractivity contribution in [2.75, 3.05) is 0 Å². The maximum atomic E-state index is 11.9. The van der Waals surface area contributed by atoms with Crippen molar-refractivity contribution in [2.24, 2.45) is 10.2 Å². The second-order valence-corrected chi connectivity index (χ2v) is 6.23. The van der Waals surface area contributed by atoms with E-state index >= 15 is 0 Å². The minimum absolute atomic E-state index is 0.0144. The Hall–Kier alpha value is -1.69. The van der Waals surface area contributed by atoms with E-state index in [4.69, 9.17) is 4.18 Å². The lowest BCUT2D eigenvalue weighted by atomic mass is 10.1. The summed E-state index contributed by atoms with van der Waals surface area (Å²) in [4.78, 5) is 0.105. The highest BCUT2D eigenvalue weighted by atomic mass is 32.2. The van der Waals surface area contributed by atoms with Gasteiger partial charge in [-0.25, -0.2) is 0 Å². The molecule has 1 aliphatic heterocycles. The molecule has 0 bridgehead atoms. The Bertz CT molecular complexity index is 613. The Labute approximate surface area is 106 Å². The van der Waals surface area contributed by atoms with Crippen molar-refractivity contribution in [3.05, 3.63) is 41.8 Å². The van der Waals surface area contributed by atoms with E-state index < -0.39 is 15.7 Å². The van der Waals surface area contributed by atoms with Crippen molar-refractivity contribution in [3.8, 4) is 0 Å². The van der Waals surface area contributed by atoms with Gasteiger partial charge in [0.2, 0.25) is 0 Å². The van der Waals surface area contributed by atoms with E-state index in [0.717, 1.165) is 5.56 Å². The van der Waals surface area contributed by atoms with E-state index in [1.807, 2.05) is 20.8 Å². The highest BCUT2D eigenvalue weighted by Gasteiger charge is 2.25. The number of hydrogen-bond acceptors (Lipinski definition) is 5. The van der Waals surface area contributed by atoms with Gasteiger partial charge in [-0.15, -0.1) is 5.11 Å². The van der Waals surface area contributed by atoms with E-state index in [1.165, 1.54) is 12.1 Å². The highest BCUT2D eigenvalue weighted by molar-refractivity contribution is 7.86. The number of benzene rings is 1. The van der Waals surface area contributed by atoms with Gasteiger partial charge in [0.05, 0.1) is 0 Å². The Balaban J connectivity index is 2.24. The molecule has 96 valence electrons. The highest BCUT2D eigenvalue weighted by Crippen LogP contribution is 2.26. The monoisotopic (exact) mass is 266 g/mol. The minimum atomic E-state index is -3.83. The van der Waals surface area contributed by atoms with E-state index in [-0.39, 0.29) is 10.8 Å². The molecule has 0 radical (unpaired) electrons. The van der Waals surface area contributed by atoms with E-state index in [9.17, 15) is 8.42 Å². The lowest BCUT2D eigenvalue weighted by molar-refractivity contribution is 0.402. The lowest BCUT2D eigenvalue weighted by Crippen LogP contribution is -2.09. The molecule has 5 nitrogen and oxygen atoms in total. The summed E-state index contributed by atoms with van der Waals surface area (Å²) in [5.74, 6) is 0.0144. The summed E-state index contributed by atoms with van der Waals surface area (Å²) in [5, 5.41) is 7.59. The van der Waals surface area contributed by atoms with Crippen molar-refractivity contribution < 1.29 is 12.6 Å². The largest absolute Gasteiger partial charge is 0.357 e. The zero-order chi connectivity index (χ0) is 13.4. The van der Waals surface area contributed by atoms with Crippen LogP contribution in [-0.4, -0.2) is 14.0 Å². The Morgan fingerprint density at radius 2 is 1.78 bits per heavy atom. The standard InChI is InChI=1S/C12H14N2O3S/c1-9-4-6-10(7-5-9)18(15,16)17-11-8-12(2,3)14-13-11/h4-8H,1-3H3. The van der Waals surface area contributed by atoms with Gasteiger partial charge in [0.1, 0.15) is 10.4 Å². The van der Waals surface area contributed by atoms with Crippen LogP contribution in [0.4, 0.5) is 0 Å². The van der Waals surface area contributed by atoms with Crippen LogP contribution in [0.15, 0.2) is 51.3 Å². The SMILES string of the molecule is Cc1ccc(S(=O)(=O)OC2=CC(C)(C)N=N2)cc1. The topological polar surface area (TPSA) is 68.1 Å². The second kappa shape index (κ2) is 4.20. The minimum Gasteiger partial charge on any atom is -0.357 e. The molecule has 0 saturated carbocycles. The third-order valence-electron chi connectivity index (χ3n) is 2.39. The predicted molar refractivity (Wildman–Crippen MR) is 66.5 cm³/mol. The maximum absolute atomic E-state index is 11.9. The zero-order valence-electron chi connectivity index (χ0n) is 10.4. The van der Waals surface area contributed by atoms with Crippen LogP contribution in [0.5, 0.6) is 0 Å². The van der Waals surface area contributed by atoms with E-state index in [2.05, 4.69) is 10.2 Å². The molecular weight excluding hydrogens is 252 g/mol. The predicted octanol–water partition coefficient (Wildman–Crippen LogP) is 2.79. The summed E-state index contributed by atoms with van der Waals surface area (Å²) in [7, 11) is -3.83. The van der Waals surface area contributed by atoms with E-state index in [1.54, 1.807) is 18.2 Å². The zero-order valence-corrected chi connectivity index (χ0v) is 11.2. The van der Waals surface area contributed by atoms with Gasteiger partial charge in [0, 0.05) is 6.08 Å². The molecule has 1 aromatic carbocycles. The summed E-state index contributed by atoms with van der Waals surface area (Å²) < 4.78 is 28.8. The molecule has 1 aliphatic rings.